The monoisotopic (exact) mass is 284 g/mol. The fraction of sp³-hybridized carbons (Fsp3) is 0.316. The van der Waals surface area contributed by atoms with Gasteiger partial charge in [-0.3, -0.25) is 4.79 Å². The molecule has 0 aliphatic carbocycles. The highest BCUT2D eigenvalue weighted by atomic mass is 19.1. The van der Waals surface area contributed by atoms with E-state index in [0.717, 1.165) is 31.1 Å². The van der Waals surface area contributed by atoms with Crippen LogP contribution < -0.4 is 0 Å². The molecule has 110 valence electrons. The van der Waals surface area contributed by atoms with Gasteiger partial charge in [0, 0.05) is 5.56 Å². The van der Waals surface area contributed by atoms with Crippen LogP contribution in [0.3, 0.4) is 0 Å². The van der Waals surface area contributed by atoms with E-state index in [2.05, 4.69) is 32.9 Å². The normalized spacial score (nSPS) is 10.7. The van der Waals surface area contributed by atoms with Gasteiger partial charge >= 0.3 is 0 Å². The number of carbonyl (C=O) groups excluding carboxylic acids is 1. The van der Waals surface area contributed by atoms with Crippen LogP contribution in [0.15, 0.2) is 30.3 Å². The number of hydrogen-bond acceptors (Lipinski definition) is 1. The van der Waals surface area contributed by atoms with Crippen molar-refractivity contribution in [3.05, 3.63) is 58.4 Å². The Morgan fingerprint density at radius 1 is 0.952 bits per heavy atom. The van der Waals surface area contributed by atoms with Crippen LogP contribution in [-0.4, -0.2) is 6.29 Å². The molecule has 0 spiro atoms. The summed E-state index contributed by atoms with van der Waals surface area (Å²) in [4.78, 5) is 11.3. The van der Waals surface area contributed by atoms with Gasteiger partial charge in [0.1, 0.15) is 5.82 Å². The second-order valence-corrected chi connectivity index (χ2v) is 5.20. The Bertz CT molecular complexity index is 634. The summed E-state index contributed by atoms with van der Waals surface area (Å²) in [5.74, 6) is -0.306. The van der Waals surface area contributed by atoms with Crippen LogP contribution in [0.2, 0.25) is 0 Å². The van der Waals surface area contributed by atoms with Crippen molar-refractivity contribution in [3.63, 3.8) is 0 Å². The van der Waals surface area contributed by atoms with E-state index in [1.54, 1.807) is 6.07 Å². The zero-order chi connectivity index (χ0) is 15.4. The van der Waals surface area contributed by atoms with Gasteiger partial charge in [-0.25, -0.2) is 4.39 Å². The molecule has 0 saturated heterocycles. The highest BCUT2D eigenvalue weighted by Crippen LogP contribution is 2.33. The summed E-state index contributed by atoms with van der Waals surface area (Å²) in [5, 5.41) is 0. The van der Waals surface area contributed by atoms with E-state index in [1.165, 1.54) is 28.8 Å². The second kappa shape index (κ2) is 6.66. The van der Waals surface area contributed by atoms with E-state index in [1.807, 2.05) is 0 Å². The molecule has 0 saturated carbocycles. The van der Waals surface area contributed by atoms with Crippen molar-refractivity contribution in [3.8, 4) is 11.1 Å². The minimum absolute atomic E-state index is 0.306. The number of aryl methyl sites for hydroxylation is 3. The number of halogens is 1. The summed E-state index contributed by atoms with van der Waals surface area (Å²) in [6.45, 7) is 6.32. The van der Waals surface area contributed by atoms with E-state index < -0.39 is 0 Å². The fourth-order valence-electron chi connectivity index (χ4n) is 2.80. The number of carbonyl (C=O) groups is 1. The van der Waals surface area contributed by atoms with Crippen molar-refractivity contribution in [2.24, 2.45) is 0 Å². The molecule has 0 heterocycles. The van der Waals surface area contributed by atoms with Crippen LogP contribution in [-0.2, 0) is 19.3 Å². The molecule has 2 rings (SSSR count). The standard InChI is InChI=1S/C19H21FO/c1-4-13-9-14(5-2)19(15(6-3)10-13)18-11-17(20)8-7-16(18)12-21/h7-12H,4-6H2,1-3H3. The van der Waals surface area contributed by atoms with Crippen LogP contribution in [0.4, 0.5) is 4.39 Å². The lowest BCUT2D eigenvalue weighted by atomic mass is 9.87. The van der Waals surface area contributed by atoms with Crippen molar-refractivity contribution in [1.29, 1.82) is 0 Å². The number of benzene rings is 2. The molecule has 2 aromatic rings. The van der Waals surface area contributed by atoms with Crippen molar-refractivity contribution in [1.82, 2.24) is 0 Å². The molecular weight excluding hydrogens is 263 g/mol. The van der Waals surface area contributed by atoms with Gasteiger partial charge in [0.05, 0.1) is 0 Å². The van der Waals surface area contributed by atoms with Gasteiger partial charge in [-0.15, -0.1) is 0 Å². The lowest BCUT2D eigenvalue weighted by Gasteiger charge is -2.17. The maximum absolute atomic E-state index is 13.7. The Hall–Kier alpha value is -1.96. The Labute approximate surface area is 125 Å². The summed E-state index contributed by atoms with van der Waals surface area (Å²) in [5.41, 5.74) is 5.93. The van der Waals surface area contributed by atoms with Gasteiger partial charge < -0.3 is 0 Å². The van der Waals surface area contributed by atoms with E-state index in [-0.39, 0.29) is 5.82 Å². The summed E-state index contributed by atoms with van der Waals surface area (Å²) in [6.07, 6.45) is 3.52. The van der Waals surface area contributed by atoms with Gasteiger partial charge in [-0.1, -0.05) is 32.9 Å². The van der Waals surface area contributed by atoms with E-state index in [0.29, 0.717) is 11.1 Å². The molecule has 1 nitrogen and oxygen atoms in total. The Morgan fingerprint density at radius 3 is 2.05 bits per heavy atom. The maximum atomic E-state index is 13.7. The molecule has 0 atom stereocenters. The summed E-state index contributed by atoms with van der Waals surface area (Å²) >= 11 is 0. The first-order valence-corrected chi connectivity index (χ1v) is 7.54. The molecular formula is C19H21FO. The first-order valence-electron chi connectivity index (χ1n) is 7.54. The first-order chi connectivity index (χ1) is 10.1. The highest BCUT2D eigenvalue weighted by molar-refractivity contribution is 5.89. The predicted molar refractivity (Wildman–Crippen MR) is 85.4 cm³/mol. The van der Waals surface area contributed by atoms with Gasteiger partial charge in [-0.2, -0.15) is 0 Å². The fourth-order valence-corrected chi connectivity index (χ4v) is 2.80. The Kier molecular flexibility index (Phi) is 4.89. The molecule has 0 bridgehead atoms. The molecule has 0 N–H and O–H groups in total. The van der Waals surface area contributed by atoms with Crippen molar-refractivity contribution in [2.45, 2.75) is 40.0 Å². The second-order valence-electron chi connectivity index (χ2n) is 5.20. The van der Waals surface area contributed by atoms with Gasteiger partial charge in [0.15, 0.2) is 6.29 Å². The smallest absolute Gasteiger partial charge is 0.150 e. The van der Waals surface area contributed by atoms with Gasteiger partial charge in [-0.05, 0) is 65.3 Å². The molecule has 2 aromatic carbocycles. The third kappa shape index (κ3) is 3.05. The van der Waals surface area contributed by atoms with Crippen LogP contribution in [0.25, 0.3) is 11.1 Å². The predicted octanol–water partition coefficient (Wildman–Crippen LogP) is 4.99. The molecule has 0 radical (unpaired) electrons. The average molecular weight is 284 g/mol. The topological polar surface area (TPSA) is 17.1 Å². The Morgan fingerprint density at radius 2 is 1.57 bits per heavy atom. The van der Waals surface area contributed by atoms with Crippen LogP contribution >= 0.6 is 0 Å². The van der Waals surface area contributed by atoms with Crippen molar-refractivity contribution >= 4 is 6.29 Å². The molecule has 0 unspecified atom stereocenters. The maximum Gasteiger partial charge on any atom is 0.150 e. The van der Waals surface area contributed by atoms with Crippen LogP contribution in [0, 0.1) is 5.82 Å². The van der Waals surface area contributed by atoms with E-state index >= 15 is 0 Å². The molecule has 2 heteroatoms. The van der Waals surface area contributed by atoms with Crippen molar-refractivity contribution in [2.75, 3.05) is 0 Å². The average Bonchev–Trinajstić information content (AvgIpc) is 2.53. The largest absolute Gasteiger partial charge is 0.298 e. The zero-order valence-electron chi connectivity index (χ0n) is 12.9. The van der Waals surface area contributed by atoms with Crippen LogP contribution in [0.5, 0.6) is 0 Å². The van der Waals surface area contributed by atoms with Gasteiger partial charge in [0.2, 0.25) is 0 Å². The molecule has 21 heavy (non-hydrogen) atoms. The summed E-state index contributed by atoms with van der Waals surface area (Å²) < 4.78 is 13.7. The van der Waals surface area contributed by atoms with Gasteiger partial charge in [0.25, 0.3) is 0 Å². The quantitative estimate of drug-likeness (QED) is 0.707. The third-order valence-corrected chi connectivity index (χ3v) is 3.94. The van der Waals surface area contributed by atoms with E-state index in [9.17, 15) is 9.18 Å². The Balaban J connectivity index is 2.78. The molecule has 0 aromatic heterocycles. The lowest BCUT2D eigenvalue weighted by Crippen LogP contribution is -2.00. The summed E-state index contributed by atoms with van der Waals surface area (Å²) in [7, 11) is 0. The first kappa shape index (κ1) is 15.4. The molecule has 0 amide bonds. The minimum atomic E-state index is -0.306. The van der Waals surface area contributed by atoms with Crippen molar-refractivity contribution < 1.29 is 9.18 Å². The molecule has 0 fully saturated rings. The SMILES string of the molecule is CCc1cc(CC)c(-c2cc(F)ccc2C=O)c(CC)c1. The highest BCUT2D eigenvalue weighted by Gasteiger charge is 2.14. The van der Waals surface area contributed by atoms with E-state index in [4.69, 9.17) is 0 Å². The third-order valence-electron chi connectivity index (χ3n) is 3.94. The lowest BCUT2D eigenvalue weighted by molar-refractivity contribution is 0.112. The zero-order valence-corrected chi connectivity index (χ0v) is 12.9. The molecule has 0 aliphatic heterocycles. The summed E-state index contributed by atoms with van der Waals surface area (Å²) in [6, 6.07) is 8.72. The number of aldehydes is 1. The number of rotatable bonds is 5. The minimum Gasteiger partial charge on any atom is -0.298 e. The number of hydrogen-bond donors (Lipinski definition) is 0. The molecule has 0 aliphatic rings. The van der Waals surface area contributed by atoms with Crippen LogP contribution in [0.1, 0.15) is 47.8 Å².